The topological polar surface area (TPSA) is 39.9 Å². The van der Waals surface area contributed by atoms with E-state index in [1.54, 1.807) is 0 Å². The average Bonchev–Trinajstić information content (AvgIpc) is 3.29. The summed E-state index contributed by atoms with van der Waals surface area (Å²) in [6, 6.07) is 32.8. The van der Waals surface area contributed by atoms with E-state index < -0.39 is 0 Å². The quantitative estimate of drug-likeness (QED) is 0.168. The van der Waals surface area contributed by atoms with Crippen LogP contribution >= 0.6 is 0 Å². The van der Waals surface area contributed by atoms with Gasteiger partial charge in [-0.05, 0) is 62.5 Å². The minimum absolute atomic E-state index is 0. The van der Waals surface area contributed by atoms with Crippen LogP contribution in [0.5, 0.6) is 11.6 Å². The molecule has 4 nitrogen and oxygen atoms in total. The summed E-state index contributed by atoms with van der Waals surface area (Å²) in [6.45, 7) is 19.9. The zero-order valence-corrected chi connectivity index (χ0v) is 29.9. The molecule has 0 N–H and O–H groups in total. The molecule has 0 aliphatic rings. The molecular formula is C40H41N3OPt. The number of para-hydroxylation sites is 1. The Hall–Kier alpha value is -3.75. The van der Waals surface area contributed by atoms with Gasteiger partial charge in [-0.25, -0.2) is 21.1 Å². The van der Waals surface area contributed by atoms with Gasteiger partial charge in [0.2, 0.25) is 5.88 Å². The van der Waals surface area contributed by atoms with Crippen LogP contribution in [-0.2, 0) is 37.3 Å². The van der Waals surface area contributed by atoms with E-state index in [2.05, 4.69) is 145 Å². The minimum atomic E-state index is -0.0983. The largest absolute Gasteiger partial charge is 2.00 e. The summed E-state index contributed by atoms with van der Waals surface area (Å²) < 4.78 is 8.62. The molecule has 0 fully saturated rings. The molecule has 6 aromatic rings. The Kier molecular flexibility index (Phi) is 8.61. The van der Waals surface area contributed by atoms with Gasteiger partial charge in [0.15, 0.2) is 0 Å². The van der Waals surface area contributed by atoms with E-state index in [1.807, 2.05) is 24.5 Å². The van der Waals surface area contributed by atoms with Crippen LogP contribution < -0.4 is 4.74 Å². The molecule has 3 aromatic heterocycles. The number of hydrogen-bond donors (Lipinski definition) is 0. The van der Waals surface area contributed by atoms with Gasteiger partial charge in [0, 0.05) is 29.7 Å². The van der Waals surface area contributed by atoms with Crippen LogP contribution in [0.25, 0.3) is 38.8 Å². The molecule has 0 radical (unpaired) electrons. The van der Waals surface area contributed by atoms with E-state index >= 15 is 0 Å². The zero-order chi connectivity index (χ0) is 31.4. The molecule has 5 heteroatoms. The average molecular weight is 775 g/mol. The van der Waals surface area contributed by atoms with Crippen molar-refractivity contribution in [3.63, 3.8) is 0 Å². The maximum absolute atomic E-state index is 6.39. The van der Waals surface area contributed by atoms with Crippen molar-refractivity contribution in [3.05, 3.63) is 114 Å². The maximum atomic E-state index is 6.39. The molecule has 0 amide bonds. The van der Waals surface area contributed by atoms with E-state index in [1.165, 1.54) is 16.5 Å². The number of nitrogens with zero attached hydrogens (tertiary/aromatic N) is 3. The first-order chi connectivity index (χ1) is 20.7. The van der Waals surface area contributed by atoms with Crippen molar-refractivity contribution in [3.8, 4) is 28.6 Å². The molecule has 0 saturated heterocycles. The third kappa shape index (κ3) is 6.63. The second-order valence-corrected chi connectivity index (χ2v) is 14.8. The molecule has 0 bridgehead atoms. The smallest absolute Gasteiger partial charge is 0.460 e. The van der Waals surface area contributed by atoms with E-state index in [0.717, 1.165) is 38.9 Å². The van der Waals surface area contributed by atoms with Gasteiger partial charge in [-0.3, -0.25) is 0 Å². The number of benzene rings is 3. The van der Waals surface area contributed by atoms with Crippen LogP contribution in [0.2, 0.25) is 0 Å². The number of fused-ring (bicyclic) bond motifs is 3. The van der Waals surface area contributed by atoms with Crippen LogP contribution in [-0.4, -0.2) is 14.5 Å². The number of hydrogen-bond acceptors (Lipinski definition) is 3. The van der Waals surface area contributed by atoms with Crippen molar-refractivity contribution in [2.75, 3.05) is 0 Å². The molecule has 6 rings (SSSR count). The maximum Gasteiger partial charge on any atom is 2.00 e. The molecule has 0 aliphatic heterocycles. The monoisotopic (exact) mass is 774 g/mol. The van der Waals surface area contributed by atoms with Gasteiger partial charge in [-0.2, -0.15) is 18.2 Å². The molecule has 3 aromatic carbocycles. The third-order valence-corrected chi connectivity index (χ3v) is 8.24. The summed E-state index contributed by atoms with van der Waals surface area (Å²) in [5, 5.41) is 2.31. The summed E-state index contributed by atoms with van der Waals surface area (Å²) in [5.41, 5.74) is 7.43. The van der Waals surface area contributed by atoms with Crippen molar-refractivity contribution in [1.82, 2.24) is 14.5 Å². The Bertz CT molecular complexity index is 2000. The van der Waals surface area contributed by atoms with Gasteiger partial charge in [0.25, 0.3) is 0 Å². The number of aromatic nitrogens is 3. The molecule has 0 saturated carbocycles. The van der Waals surface area contributed by atoms with Crippen molar-refractivity contribution >= 4 is 21.8 Å². The predicted octanol–water partition coefficient (Wildman–Crippen LogP) is 10.5. The van der Waals surface area contributed by atoms with Crippen LogP contribution in [0.3, 0.4) is 0 Å². The fourth-order valence-electron chi connectivity index (χ4n) is 5.52. The van der Waals surface area contributed by atoms with Crippen LogP contribution in [0.1, 0.15) is 79.0 Å². The van der Waals surface area contributed by atoms with Gasteiger partial charge < -0.3 is 9.30 Å². The Morgan fingerprint density at radius 1 is 0.600 bits per heavy atom. The normalized spacial score (nSPS) is 12.4. The predicted molar refractivity (Wildman–Crippen MR) is 182 cm³/mol. The molecular weight excluding hydrogens is 734 g/mol. The third-order valence-electron chi connectivity index (χ3n) is 8.24. The Labute approximate surface area is 282 Å². The summed E-state index contributed by atoms with van der Waals surface area (Å²) >= 11 is 0. The second-order valence-electron chi connectivity index (χ2n) is 14.8. The summed E-state index contributed by atoms with van der Waals surface area (Å²) in [4.78, 5) is 9.35. The number of ether oxygens (including phenoxy) is 1. The molecule has 0 spiro atoms. The SMILES string of the molecule is CC(C)(C)c1cc(Oc2cc(C(C)(C)C)ccn2)[c-]c(-c2[c-]c3c(cc2)c2ccccc2n3-c2cc(C(C)(C)C)ccn2)c1.[Pt+2]. The van der Waals surface area contributed by atoms with Crippen molar-refractivity contribution in [1.29, 1.82) is 0 Å². The van der Waals surface area contributed by atoms with E-state index in [-0.39, 0.29) is 37.3 Å². The first-order valence-corrected chi connectivity index (χ1v) is 15.3. The van der Waals surface area contributed by atoms with Gasteiger partial charge in [-0.1, -0.05) is 92.0 Å². The van der Waals surface area contributed by atoms with Crippen molar-refractivity contribution in [2.24, 2.45) is 0 Å². The molecule has 0 aliphatic carbocycles. The molecule has 0 unspecified atom stereocenters. The minimum Gasteiger partial charge on any atom is -0.460 e. The first-order valence-electron chi connectivity index (χ1n) is 15.3. The van der Waals surface area contributed by atoms with Gasteiger partial charge in [0.1, 0.15) is 5.82 Å². The van der Waals surface area contributed by atoms with Crippen LogP contribution in [0.4, 0.5) is 0 Å². The molecule has 0 atom stereocenters. The van der Waals surface area contributed by atoms with Gasteiger partial charge in [-0.15, -0.1) is 17.7 Å². The van der Waals surface area contributed by atoms with Crippen LogP contribution in [0.15, 0.2) is 85.2 Å². The Morgan fingerprint density at radius 2 is 1.24 bits per heavy atom. The summed E-state index contributed by atoms with van der Waals surface area (Å²) in [7, 11) is 0. The van der Waals surface area contributed by atoms with Gasteiger partial charge in [0.05, 0.1) is 0 Å². The Morgan fingerprint density at radius 3 is 1.93 bits per heavy atom. The van der Waals surface area contributed by atoms with Crippen molar-refractivity contribution in [2.45, 2.75) is 78.6 Å². The van der Waals surface area contributed by atoms with E-state index in [9.17, 15) is 0 Å². The van der Waals surface area contributed by atoms with Gasteiger partial charge >= 0.3 is 21.1 Å². The second kappa shape index (κ2) is 11.9. The summed E-state index contributed by atoms with van der Waals surface area (Å²) in [5.74, 6) is 2.09. The van der Waals surface area contributed by atoms with E-state index in [0.29, 0.717) is 11.6 Å². The summed E-state index contributed by atoms with van der Waals surface area (Å²) in [6.07, 6.45) is 3.72. The van der Waals surface area contributed by atoms with E-state index in [4.69, 9.17) is 9.72 Å². The molecule has 232 valence electrons. The number of pyridine rings is 2. The number of rotatable bonds is 4. The molecule has 3 heterocycles. The fraction of sp³-hybridized carbons (Fsp3) is 0.300. The Balaban J connectivity index is 0.00000400. The first kappa shape index (κ1) is 32.6. The van der Waals surface area contributed by atoms with Crippen LogP contribution in [0, 0.1) is 12.1 Å². The zero-order valence-electron chi connectivity index (χ0n) is 27.6. The van der Waals surface area contributed by atoms with Crippen molar-refractivity contribution < 1.29 is 25.8 Å². The standard InChI is InChI=1S/C40H41N3O.Pt/c1-38(2,3)28-16-18-41-36(24-28)43-34-13-11-10-12-32(34)33-15-14-26(22-35(33)43)27-20-30(40(7,8)9)23-31(21-27)44-37-25-29(17-19-42-37)39(4,5)6;/h10-20,23-25H,1-9H3;/q-2;+2. The fourth-order valence-corrected chi connectivity index (χ4v) is 5.52. The molecule has 45 heavy (non-hydrogen) atoms.